The molecule has 1 aliphatic heterocycles. The van der Waals surface area contributed by atoms with Gasteiger partial charge in [-0.3, -0.25) is 19.5 Å². The third-order valence-corrected chi connectivity index (χ3v) is 7.83. The number of hydrogen-bond donors (Lipinski definition) is 2. The van der Waals surface area contributed by atoms with Crippen LogP contribution < -0.4 is 11.1 Å². The highest BCUT2D eigenvalue weighted by atomic mass is 35.5. The Kier molecular flexibility index (Phi) is 7.90. The van der Waals surface area contributed by atoms with Crippen LogP contribution in [0.15, 0.2) is 42.7 Å². The van der Waals surface area contributed by atoms with E-state index < -0.39 is 29.3 Å². The lowest BCUT2D eigenvalue weighted by molar-refractivity contribution is -0.194. The summed E-state index contributed by atoms with van der Waals surface area (Å²) in [4.78, 5) is 30.7. The number of carbonyl (C=O) groups is 2. The predicted molar refractivity (Wildman–Crippen MR) is 131 cm³/mol. The largest absolute Gasteiger partial charge is 0.395 e. The maximum Gasteiger partial charge on any atom is 0.395 e. The summed E-state index contributed by atoms with van der Waals surface area (Å²) in [6.07, 6.45) is 0.914. The number of halogens is 4. The zero-order valence-electron chi connectivity index (χ0n) is 19.9. The normalized spacial score (nSPS) is 19.0. The Morgan fingerprint density at radius 3 is 2.47 bits per heavy atom. The molecule has 10 heteroatoms. The number of benzene rings is 1. The van der Waals surface area contributed by atoms with E-state index in [1.54, 1.807) is 24.3 Å². The Hall–Kier alpha value is -2.65. The minimum absolute atomic E-state index is 0.0134. The Bertz CT molecular complexity index is 1090. The molecule has 2 heterocycles. The van der Waals surface area contributed by atoms with Gasteiger partial charge in [-0.15, -0.1) is 0 Å². The van der Waals surface area contributed by atoms with E-state index in [0.717, 1.165) is 31.5 Å². The summed E-state index contributed by atoms with van der Waals surface area (Å²) in [6.45, 7) is 2.02. The van der Waals surface area contributed by atoms with Gasteiger partial charge in [-0.2, -0.15) is 13.2 Å². The summed E-state index contributed by atoms with van der Waals surface area (Å²) in [6, 6.07) is 8.04. The van der Waals surface area contributed by atoms with Gasteiger partial charge in [-0.25, -0.2) is 0 Å². The van der Waals surface area contributed by atoms with Gasteiger partial charge < -0.3 is 11.1 Å². The molecule has 6 nitrogen and oxygen atoms in total. The molecule has 0 bridgehead atoms. The highest BCUT2D eigenvalue weighted by molar-refractivity contribution is 6.31. The van der Waals surface area contributed by atoms with Crippen LogP contribution in [0.3, 0.4) is 0 Å². The predicted octanol–water partition coefficient (Wildman–Crippen LogP) is 4.47. The lowest BCUT2D eigenvalue weighted by Crippen LogP contribution is -2.44. The fourth-order valence-electron chi connectivity index (χ4n) is 5.22. The number of likely N-dealkylation sites (tertiary alicyclic amines) is 1. The third kappa shape index (κ3) is 5.83. The number of primary amides is 1. The average Bonchev–Trinajstić information content (AvgIpc) is 3.49. The molecule has 1 aromatic heterocycles. The van der Waals surface area contributed by atoms with Gasteiger partial charge in [0.25, 0.3) is 0 Å². The van der Waals surface area contributed by atoms with Gasteiger partial charge in [-0.05, 0) is 74.5 Å². The zero-order valence-corrected chi connectivity index (χ0v) is 20.6. The quantitative estimate of drug-likeness (QED) is 0.482. The molecule has 3 N–H and O–H groups in total. The molecule has 2 unspecified atom stereocenters. The summed E-state index contributed by atoms with van der Waals surface area (Å²) in [7, 11) is 0. The maximum absolute atomic E-state index is 14.0. The second kappa shape index (κ2) is 10.8. The summed E-state index contributed by atoms with van der Waals surface area (Å²) >= 11 is 6.40. The second-order valence-corrected chi connectivity index (χ2v) is 10.2. The van der Waals surface area contributed by atoms with Crippen molar-refractivity contribution in [3.8, 4) is 0 Å². The summed E-state index contributed by atoms with van der Waals surface area (Å²) in [5.41, 5.74) is 5.01. The molecule has 4 rings (SSSR count). The number of carbonyl (C=O) groups excluding carboxylic acids is 2. The topological polar surface area (TPSA) is 88.3 Å². The minimum Gasteiger partial charge on any atom is -0.366 e. The lowest BCUT2D eigenvalue weighted by atomic mass is 9.80. The number of amides is 2. The molecule has 0 radical (unpaired) electrons. The fourth-order valence-corrected chi connectivity index (χ4v) is 5.48. The van der Waals surface area contributed by atoms with Crippen LogP contribution in [0.25, 0.3) is 0 Å². The van der Waals surface area contributed by atoms with Crippen LogP contribution >= 0.6 is 11.6 Å². The van der Waals surface area contributed by atoms with Gasteiger partial charge in [0.2, 0.25) is 11.8 Å². The van der Waals surface area contributed by atoms with Gasteiger partial charge in [0.1, 0.15) is 0 Å². The van der Waals surface area contributed by atoms with E-state index in [4.69, 9.17) is 17.3 Å². The molecule has 2 aliphatic rings. The first-order chi connectivity index (χ1) is 17.1. The molecular weight excluding hydrogens is 493 g/mol. The molecule has 2 fully saturated rings. The van der Waals surface area contributed by atoms with Gasteiger partial charge in [0.05, 0.1) is 5.41 Å². The molecule has 36 heavy (non-hydrogen) atoms. The van der Waals surface area contributed by atoms with Gasteiger partial charge in [-0.1, -0.05) is 23.7 Å². The molecule has 2 amide bonds. The number of nitrogens with zero attached hydrogens (tertiary/aromatic N) is 2. The lowest BCUT2D eigenvalue weighted by Gasteiger charge is -2.30. The monoisotopic (exact) mass is 522 g/mol. The molecule has 1 saturated heterocycles. The van der Waals surface area contributed by atoms with Gasteiger partial charge in [0.15, 0.2) is 0 Å². The Morgan fingerprint density at radius 2 is 1.92 bits per heavy atom. The van der Waals surface area contributed by atoms with Crippen LogP contribution in [0.4, 0.5) is 13.2 Å². The van der Waals surface area contributed by atoms with Crippen LogP contribution in [0.1, 0.15) is 59.5 Å². The van der Waals surface area contributed by atoms with Crippen LogP contribution in [0, 0.1) is 5.41 Å². The number of nitrogens with two attached hydrogens (primary N) is 1. The Morgan fingerprint density at radius 1 is 1.19 bits per heavy atom. The van der Waals surface area contributed by atoms with E-state index >= 15 is 0 Å². The molecule has 194 valence electrons. The smallest absolute Gasteiger partial charge is 0.366 e. The van der Waals surface area contributed by atoms with Crippen molar-refractivity contribution in [3.05, 3.63) is 64.4 Å². The van der Waals surface area contributed by atoms with Gasteiger partial charge in [0, 0.05) is 47.9 Å². The summed E-state index contributed by atoms with van der Waals surface area (Å²) in [5, 5.41) is 3.31. The van der Waals surface area contributed by atoms with Crippen LogP contribution in [-0.4, -0.2) is 53.6 Å². The van der Waals surface area contributed by atoms with E-state index in [-0.39, 0.29) is 31.8 Å². The van der Waals surface area contributed by atoms with Crippen molar-refractivity contribution in [3.63, 3.8) is 0 Å². The molecule has 0 spiro atoms. The zero-order chi connectivity index (χ0) is 25.9. The fraction of sp³-hybridized carbons (Fsp3) is 0.500. The standard InChI is InChI=1S/C26H30ClF3N4O2/c27-22-13-18(24(31)36)6-5-17(22)12-20(34-10-1-2-11-34)16-33-23(35)14-21(19-4-3-9-32-15-19)25(7-8-25)26(28,29)30/h3-6,9,13,15,20-21H,1-2,7-8,10-12,14,16H2,(H2,31,36)(H,33,35). The van der Waals surface area contributed by atoms with Crippen molar-refractivity contribution >= 4 is 23.4 Å². The number of rotatable bonds is 10. The van der Waals surface area contributed by atoms with E-state index in [0.29, 0.717) is 22.6 Å². The number of alkyl halides is 3. The molecule has 1 saturated carbocycles. The second-order valence-electron chi connectivity index (χ2n) is 9.77. The van der Waals surface area contributed by atoms with Crippen molar-refractivity contribution < 1.29 is 22.8 Å². The molecular formula is C26H30ClF3N4O2. The van der Waals surface area contributed by atoms with Crippen molar-refractivity contribution in [1.29, 1.82) is 0 Å². The first-order valence-electron chi connectivity index (χ1n) is 12.2. The molecule has 1 aliphatic carbocycles. The highest BCUT2D eigenvalue weighted by Crippen LogP contribution is 2.66. The van der Waals surface area contributed by atoms with E-state index in [1.807, 2.05) is 0 Å². The first-order valence-corrected chi connectivity index (χ1v) is 12.5. The van der Waals surface area contributed by atoms with Crippen LogP contribution in [0.2, 0.25) is 5.02 Å². The maximum atomic E-state index is 14.0. The summed E-state index contributed by atoms with van der Waals surface area (Å²) < 4.78 is 41.9. The molecule has 2 atom stereocenters. The Labute approximate surface area is 213 Å². The van der Waals surface area contributed by atoms with E-state index in [1.165, 1.54) is 18.5 Å². The minimum atomic E-state index is -4.39. The van der Waals surface area contributed by atoms with Crippen molar-refractivity contribution in [1.82, 2.24) is 15.2 Å². The number of aromatic nitrogens is 1. The number of hydrogen-bond acceptors (Lipinski definition) is 4. The van der Waals surface area contributed by atoms with Crippen molar-refractivity contribution in [2.45, 2.75) is 56.7 Å². The van der Waals surface area contributed by atoms with E-state index in [2.05, 4.69) is 15.2 Å². The Balaban J connectivity index is 1.46. The molecule has 2 aromatic rings. The first kappa shape index (κ1) is 26.4. The summed E-state index contributed by atoms with van der Waals surface area (Å²) in [5.74, 6) is -1.96. The van der Waals surface area contributed by atoms with Crippen LogP contribution in [-0.2, 0) is 11.2 Å². The number of pyridine rings is 1. The van der Waals surface area contributed by atoms with Gasteiger partial charge >= 0.3 is 6.18 Å². The SMILES string of the molecule is NC(=O)c1ccc(CC(CNC(=O)CC(c2cccnc2)C2(C(F)(F)F)CC2)N2CCCC2)c(Cl)c1. The number of nitrogens with one attached hydrogen (secondary N) is 1. The highest BCUT2D eigenvalue weighted by Gasteiger charge is 2.67. The van der Waals surface area contributed by atoms with Crippen molar-refractivity contribution in [2.24, 2.45) is 11.1 Å². The third-order valence-electron chi connectivity index (χ3n) is 7.48. The van der Waals surface area contributed by atoms with Crippen molar-refractivity contribution in [2.75, 3.05) is 19.6 Å². The average molecular weight is 523 g/mol. The molecule has 1 aromatic carbocycles. The van der Waals surface area contributed by atoms with Crippen LogP contribution in [0.5, 0.6) is 0 Å². The van der Waals surface area contributed by atoms with E-state index in [9.17, 15) is 22.8 Å².